The smallest absolute Gasteiger partial charge is 0.295 e. The number of Topliss-reactive ketones (excluding diaryl/α,β-unsaturated/α-hetero) is 1. The number of rotatable bonds is 15. The number of carbonyl (C=O) groups excluding carboxylic acids is 2. The van der Waals surface area contributed by atoms with Crippen molar-refractivity contribution < 1.29 is 28.9 Å². The summed E-state index contributed by atoms with van der Waals surface area (Å²) < 4.78 is 17.1. The van der Waals surface area contributed by atoms with Gasteiger partial charge < -0.3 is 29.1 Å². The second-order valence-corrected chi connectivity index (χ2v) is 10.3. The van der Waals surface area contributed by atoms with Gasteiger partial charge in [-0.05, 0) is 87.3 Å². The van der Waals surface area contributed by atoms with E-state index in [0.29, 0.717) is 60.5 Å². The van der Waals surface area contributed by atoms with Crippen molar-refractivity contribution in [1.29, 1.82) is 0 Å². The van der Waals surface area contributed by atoms with Crippen LogP contribution in [0.3, 0.4) is 0 Å². The standard InChI is InChI=1S/C32H44N2O6/c1-7-33(8-2)18-10-19-34-29(24-13-16-26(27(21-24)38-6)40-20-17-22(4)5)28(31(36)32(34)37)30(35)23-11-14-25(15-12-23)39-9-3/h11-16,21-22,29,35H,7-10,17-20H2,1-6H3/b30-28+. The minimum atomic E-state index is -0.762. The largest absolute Gasteiger partial charge is 0.507 e. The molecule has 0 aliphatic carbocycles. The van der Waals surface area contributed by atoms with Crippen LogP contribution in [0.1, 0.15) is 64.6 Å². The molecule has 1 unspecified atom stereocenters. The lowest BCUT2D eigenvalue weighted by molar-refractivity contribution is -0.140. The summed E-state index contributed by atoms with van der Waals surface area (Å²) in [6, 6.07) is 11.5. The highest BCUT2D eigenvalue weighted by atomic mass is 16.5. The summed E-state index contributed by atoms with van der Waals surface area (Å²) in [5.41, 5.74) is 1.17. The molecule has 1 atom stereocenters. The molecule has 3 rings (SSSR count). The Balaban J connectivity index is 2.03. The molecule has 0 spiro atoms. The van der Waals surface area contributed by atoms with E-state index in [2.05, 4.69) is 32.6 Å². The minimum Gasteiger partial charge on any atom is -0.507 e. The van der Waals surface area contributed by atoms with Gasteiger partial charge in [0.2, 0.25) is 0 Å². The number of hydrogen-bond donors (Lipinski definition) is 1. The minimum absolute atomic E-state index is 0.0625. The maximum Gasteiger partial charge on any atom is 0.295 e. The molecule has 0 saturated carbocycles. The molecule has 0 aromatic heterocycles. The second kappa shape index (κ2) is 14.7. The van der Waals surface area contributed by atoms with Crippen LogP contribution in [-0.2, 0) is 9.59 Å². The Morgan fingerprint density at radius 3 is 2.30 bits per heavy atom. The Bertz CT molecular complexity index is 1170. The van der Waals surface area contributed by atoms with Gasteiger partial charge in [-0.25, -0.2) is 0 Å². The highest BCUT2D eigenvalue weighted by Crippen LogP contribution is 2.42. The van der Waals surface area contributed by atoms with Crippen LogP contribution in [0, 0.1) is 5.92 Å². The van der Waals surface area contributed by atoms with Crippen molar-refractivity contribution >= 4 is 17.4 Å². The topological polar surface area (TPSA) is 88.5 Å². The molecular weight excluding hydrogens is 508 g/mol. The molecule has 2 aromatic carbocycles. The number of methoxy groups -OCH3 is 1. The quantitative estimate of drug-likeness (QED) is 0.173. The molecule has 1 aliphatic rings. The van der Waals surface area contributed by atoms with Crippen LogP contribution in [0.15, 0.2) is 48.0 Å². The average molecular weight is 553 g/mol. The fraction of sp³-hybridized carbons (Fsp3) is 0.500. The van der Waals surface area contributed by atoms with Crippen LogP contribution >= 0.6 is 0 Å². The molecule has 8 nitrogen and oxygen atoms in total. The molecule has 1 heterocycles. The van der Waals surface area contributed by atoms with Gasteiger partial charge in [0.1, 0.15) is 11.5 Å². The summed E-state index contributed by atoms with van der Waals surface area (Å²) in [6.07, 6.45) is 1.60. The van der Waals surface area contributed by atoms with Crippen molar-refractivity contribution in [2.45, 2.75) is 53.5 Å². The summed E-state index contributed by atoms with van der Waals surface area (Å²) in [7, 11) is 1.56. The second-order valence-electron chi connectivity index (χ2n) is 10.3. The van der Waals surface area contributed by atoms with E-state index < -0.39 is 17.7 Å². The first-order chi connectivity index (χ1) is 19.2. The summed E-state index contributed by atoms with van der Waals surface area (Å²) in [5.74, 6) is 0.736. The van der Waals surface area contributed by atoms with Crippen LogP contribution in [0.5, 0.6) is 17.2 Å². The fourth-order valence-electron chi connectivity index (χ4n) is 4.87. The van der Waals surface area contributed by atoms with Gasteiger partial charge in [0.15, 0.2) is 11.5 Å². The van der Waals surface area contributed by atoms with E-state index in [1.807, 2.05) is 13.0 Å². The number of benzene rings is 2. The van der Waals surface area contributed by atoms with Gasteiger partial charge >= 0.3 is 0 Å². The molecule has 2 aromatic rings. The number of aliphatic hydroxyl groups excluding tert-OH is 1. The zero-order valence-electron chi connectivity index (χ0n) is 24.7. The van der Waals surface area contributed by atoms with E-state index in [1.165, 1.54) is 0 Å². The Hall–Kier alpha value is -3.52. The number of likely N-dealkylation sites (tertiary alicyclic amines) is 1. The Morgan fingerprint density at radius 1 is 1.00 bits per heavy atom. The van der Waals surface area contributed by atoms with E-state index in [1.54, 1.807) is 48.4 Å². The number of amides is 1. The van der Waals surface area contributed by atoms with E-state index in [4.69, 9.17) is 14.2 Å². The molecule has 0 bridgehead atoms. The predicted molar refractivity (Wildman–Crippen MR) is 157 cm³/mol. The van der Waals surface area contributed by atoms with Gasteiger partial charge in [-0.15, -0.1) is 0 Å². The third-order valence-electron chi connectivity index (χ3n) is 7.20. The molecule has 1 fully saturated rings. The number of ether oxygens (including phenoxy) is 3. The van der Waals surface area contributed by atoms with Crippen molar-refractivity contribution in [1.82, 2.24) is 9.80 Å². The van der Waals surface area contributed by atoms with Crippen molar-refractivity contribution in [3.63, 3.8) is 0 Å². The van der Waals surface area contributed by atoms with Gasteiger partial charge in [0.05, 0.1) is 31.9 Å². The molecule has 218 valence electrons. The third kappa shape index (κ3) is 7.36. The number of nitrogens with zero attached hydrogens (tertiary/aromatic N) is 2. The first-order valence-corrected chi connectivity index (χ1v) is 14.3. The summed E-state index contributed by atoms with van der Waals surface area (Å²) in [4.78, 5) is 30.6. The van der Waals surface area contributed by atoms with Crippen molar-refractivity contribution in [3.05, 3.63) is 59.2 Å². The van der Waals surface area contributed by atoms with Crippen molar-refractivity contribution in [2.75, 3.05) is 46.5 Å². The Morgan fingerprint density at radius 2 is 1.70 bits per heavy atom. The summed E-state index contributed by atoms with van der Waals surface area (Å²) >= 11 is 0. The SMILES string of the molecule is CCOc1ccc(/C(O)=C2\C(=O)C(=O)N(CCCN(CC)CC)C2c2ccc(OCCC(C)C)c(OC)c2)cc1. The van der Waals surface area contributed by atoms with Gasteiger partial charge in [-0.1, -0.05) is 33.8 Å². The maximum absolute atomic E-state index is 13.4. The normalized spacial score (nSPS) is 16.7. The monoisotopic (exact) mass is 552 g/mol. The maximum atomic E-state index is 13.4. The molecular formula is C32H44N2O6. The van der Waals surface area contributed by atoms with Crippen LogP contribution in [0.4, 0.5) is 0 Å². The Kier molecular flexibility index (Phi) is 11.4. The molecule has 1 amide bonds. The van der Waals surface area contributed by atoms with Gasteiger partial charge in [-0.3, -0.25) is 9.59 Å². The van der Waals surface area contributed by atoms with E-state index in [0.717, 1.165) is 26.1 Å². The number of ketones is 1. The highest BCUT2D eigenvalue weighted by Gasteiger charge is 2.46. The molecule has 0 radical (unpaired) electrons. The van der Waals surface area contributed by atoms with Crippen LogP contribution in [-0.4, -0.2) is 73.1 Å². The molecule has 1 aliphatic heterocycles. The molecule has 1 N–H and O–H groups in total. The lowest BCUT2D eigenvalue weighted by Crippen LogP contribution is -2.33. The first-order valence-electron chi connectivity index (χ1n) is 14.3. The predicted octanol–water partition coefficient (Wildman–Crippen LogP) is 5.67. The fourth-order valence-corrected chi connectivity index (χ4v) is 4.87. The zero-order chi connectivity index (χ0) is 29.2. The van der Waals surface area contributed by atoms with Crippen molar-refractivity contribution in [2.24, 2.45) is 5.92 Å². The highest BCUT2D eigenvalue weighted by molar-refractivity contribution is 6.46. The number of hydrogen-bond acceptors (Lipinski definition) is 7. The lowest BCUT2D eigenvalue weighted by atomic mass is 9.95. The Labute approximate surface area is 238 Å². The molecule has 40 heavy (non-hydrogen) atoms. The van der Waals surface area contributed by atoms with E-state index >= 15 is 0 Å². The number of carbonyl (C=O) groups is 2. The van der Waals surface area contributed by atoms with Crippen LogP contribution in [0.25, 0.3) is 5.76 Å². The molecule has 1 saturated heterocycles. The van der Waals surface area contributed by atoms with Crippen LogP contribution in [0.2, 0.25) is 0 Å². The average Bonchev–Trinajstić information content (AvgIpc) is 3.20. The van der Waals surface area contributed by atoms with Crippen LogP contribution < -0.4 is 14.2 Å². The van der Waals surface area contributed by atoms with Crippen molar-refractivity contribution in [3.8, 4) is 17.2 Å². The lowest BCUT2D eigenvalue weighted by Gasteiger charge is -2.27. The third-order valence-corrected chi connectivity index (χ3v) is 7.20. The number of aliphatic hydroxyl groups is 1. The van der Waals surface area contributed by atoms with Gasteiger partial charge in [-0.2, -0.15) is 0 Å². The summed E-state index contributed by atoms with van der Waals surface area (Å²) in [6.45, 7) is 14.4. The van der Waals surface area contributed by atoms with Gasteiger partial charge in [0.25, 0.3) is 11.7 Å². The first kappa shape index (κ1) is 31.0. The van der Waals surface area contributed by atoms with E-state index in [-0.39, 0.29) is 11.3 Å². The van der Waals surface area contributed by atoms with E-state index in [9.17, 15) is 14.7 Å². The molecule has 8 heteroatoms. The van der Waals surface area contributed by atoms with Gasteiger partial charge in [0, 0.05) is 12.1 Å². The zero-order valence-corrected chi connectivity index (χ0v) is 24.7. The summed E-state index contributed by atoms with van der Waals surface area (Å²) in [5, 5.41) is 11.4.